The predicted molar refractivity (Wildman–Crippen MR) is 191 cm³/mol. The average molecular weight is 701 g/mol. The molecule has 0 saturated carbocycles. The number of nitrogens with zero attached hydrogens (tertiary/aromatic N) is 4. The molecule has 0 fully saturated rings. The second-order valence-corrected chi connectivity index (χ2v) is 12.4. The molecule has 8 aromatic rings. The van der Waals surface area contributed by atoms with E-state index in [1.807, 2.05) is 115 Å². The maximum absolute atomic E-state index is 14.1. The Hall–Kier alpha value is -6.29. The summed E-state index contributed by atoms with van der Waals surface area (Å²) in [5, 5.41) is 1.74. The van der Waals surface area contributed by atoms with Gasteiger partial charge in [-0.2, -0.15) is 26.3 Å². The second kappa shape index (κ2) is 12.5. The predicted octanol–water partition coefficient (Wildman–Crippen LogP) is 12.0. The largest absolute Gasteiger partial charge is 0.416 e. The zero-order valence-electron chi connectivity index (χ0n) is 27.3. The lowest BCUT2D eigenvalue weighted by atomic mass is 9.96. The normalized spacial score (nSPS) is 12.1. The molecule has 0 radical (unpaired) electrons. The van der Waals surface area contributed by atoms with Crippen LogP contribution in [-0.4, -0.2) is 19.5 Å². The van der Waals surface area contributed by atoms with E-state index in [0.717, 1.165) is 50.6 Å². The molecule has 6 aromatic carbocycles. The zero-order chi connectivity index (χ0) is 36.2. The minimum atomic E-state index is -5.02. The molecule has 0 atom stereocenters. The highest BCUT2D eigenvalue weighted by molar-refractivity contribution is 6.10. The molecule has 0 aliphatic rings. The lowest BCUT2D eigenvalue weighted by Crippen LogP contribution is -2.11. The van der Waals surface area contributed by atoms with E-state index in [9.17, 15) is 26.3 Å². The standard InChI is InChI=1S/C42H26F6N4/c1-25-16-18-34-33-14-8-9-15-35(33)52(36(34)20-25)37-23-28(17-19-32(37)29-21-30(41(43,44)45)24-31(22-29)42(46,47)48)40-50-38(26-10-4-2-5-11-26)49-39(51-40)27-12-6-3-7-13-27/h2-24H,1H3. The van der Waals surface area contributed by atoms with Crippen LogP contribution in [-0.2, 0) is 12.4 Å². The molecule has 2 aromatic heterocycles. The first-order valence-corrected chi connectivity index (χ1v) is 16.3. The van der Waals surface area contributed by atoms with E-state index in [0.29, 0.717) is 22.9 Å². The summed E-state index contributed by atoms with van der Waals surface area (Å²) in [6.07, 6.45) is -10.0. The molecule has 0 aliphatic carbocycles. The Balaban J connectivity index is 1.45. The summed E-state index contributed by atoms with van der Waals surface area (Å²) < 4.78 is 86.7. The van der Waals surface area contributed by atoms with Gasteiger partial charge in [0.1, 0.15) is 0 Å². The van der Waals surface area contributed by atoms with E-state index in [1.165, 1.54) is 6.07 Å². The monoisotopic (exact) mass is 700 g/mol. The van der Waals surface area contributed by atoms with Gasteiger partial charge in [-0.1, -0.05) is 103 Å². The number of fused-ring (bicyclic) bond motifs is 3. The quantitative estimate of drug-likeness (QED) is 0.168. The summed E-state index contributed by atoms with van der Waals surface area (Å²) in [6.45, 7) is 1.92. The number of hydrogen-bond acceptors (Lipinski definition) is 3. The number of hydrogen-bond donors (Lipinski definition) is 0. The van der Waals surface area contributed by atoms with Gasteiger partial charge in [0, 0.05) is 33.0 Å². The highest BCUT2D eigenvalue weighted by Crippen LogP contribution is 2.43. The summed E-state index contributed by atoms with van der Waals surface area (Å²) in [5.41, 5.74) is 1.79. The van der Waals surface area contributed by atoms with Crippen LogP contribution in [0.1, 0.15) is 16.7 Å². The van der Waals surface area contributed by atoms with Crippen molar-refractivity contribution >= 4 is 21.8 Å². The van der Waals surface area contributed by atoms with E-state index in [4.69, 9.17) is 15.0 Å². The van der Waals surface area contributed by atoms with Crippen LogP contribution in [0, 0.1) is 6.92 Å². The van der Waals surface area contributed by atoms with Gasteiger partial charge in [0.15, 0.2) is 17.5 Å². The fourth-order valence-corrected chi connectivity index (χ4v) is 6.49. The van der Waals surface area contributed by atoms with Crippen LogP contribution in [0.2, 0.25) is 0 Å². The molecular weight excluding hydrogens is 674 g/mol. The molecule has 0 bridgehead atoms. The molecule has 0 aliphatic heterocycles. The zero-order valence-corrected chi connectivity index (χ0v) is 27.3. The Kier molecular flexibility index (Phi) is 7.90. The van der Waals surface area contributed by atoms with Gasteiger partial charge in [-0.05, 0) is 54.4 Å². The topological polar surface area (TPSA) is 43.6 Å². The van der Waals surface area contributed by atoms with Gasteiger partial charge in [0.2, 0.25) is 0 Å². The summed E-state index contributed by atoms with van der Waals surface area (Å²) in [4.78, 5) is 14.4. The van der Waals surface area contributed by atoms with Crippen LogP contribution >= 0.6 is 0 Å². The number of rotatable bonds is 5. The smallest absolute Gasteiger partial charge is 0.309 e. The molecule has 52 heavy (non-hydrogen) atoms. The summed E-state index contributed by atoms with van der Waals surface area (Å²) >= 11 is 0. The third kappa shape index (κ3) is 6.06. The highest BCUT2D eigenvalue weighted by atomic mass is 19.4. The Labute approximate surface area is 293 Å². The van der Waals surface area contributed by atoms with E-state index >= 15 is 0 Å². The van der Waals surface area contributed by atoms with Crippen molar-refractivity contribution in [3.63, 3.8) is 0 Å². The fraction of sp³-hybridized carbons (Fsp3) is 0.0714. The number of alkyl halides is 6. The lowest BCUT2D eigenvalue weighted by molar-refractivity contribution is -0.143. The summed E-state index contributed by atoms with van der Waals surface area (Å²) in [7, 11) is 0. The van der Waals surface area contributed by atoms with Gasteiger partial charge in [-0.3, -0.25) is 0 Å². The third-order valence-electron chi connectivity index (χ3n) is 8.92. The number of para-hydroxylation sites is 1. The summed E-state index contributed by atoms with van der Waals surface area (Å²) in [5.74, 6) is 1.07. The highest BCUT2D eigenvalue weighted by Gasteiger charge is 2.37. The SMILES string of the molecule is Cc1ccc2c3ccccc3n(-c3cc(-c4nc(-c5ccccc5)nc(-c5ccccc5)n4)ccc3-c3cc(C(F)(F)F)cc(C(F)(F)F)c3)c2c1. The van der Waals surface area contributed by atoms with Crippen LogP contribution in [0.15, 0.2) is 140 Å². The molecule has 256 valence electrons. The van der Waals surface area contributed by atoms with E-state index in [2.05, 4.69) is 0 Å². The van der Waals surface area contributed by atoms with Gasteiger partial charge < -0.3 is 4.57 Å². The van der Waals surface area contributed by atoms with Crippen LogP contribution < -0.4 is 0 Å². The molecule has 8 rings (SSSR count). The van der Waals surface area contributed by atoms with Crippen molar-refractivity contribution in [2.75, 3.05) is 0 Å². The van der Waals surface area contributed by atoms with Crippen molar-refractivity contribution in [3.8, 4) is 51.0 Å². The molecule has 0 spiro atoms. The molecule has 2 heterocycles. The molecular formula is C42H26F6N4. The first-order valence-electron chi connectivity index (χ1n) is 16.3. The molecule has 0 amide bonds. The van der Waals surface area contributed by atoms with Crippen LogP contribution in [0.25, 0.3) is 72.8 Å². The number of halogens is 6. The second-order valence-electron chi connectivity index (χ2n) is 12.4. The first kappa shape index (κ1) is 32.9. The van der Waals surface area contributed by atoms with Crippen LogP contribution in [0.5, 0.6) is 0 Å². The van der Waals surface area contributed by atoms with E-state index < -0.39 is 23.5 Å². The number of benzene rings is 6. The van der Waals surface area contributed by atoms with Gasteiger partial charge in [0.05, 0.1) is 27.8 Å². The van der Waals surface area contributed by atoms with Crippen molar-refractivity contribution in [1.82, 2.24) is 19.5 Å². The van der Waals surface area contributed by atoms with Crippen molar-refractivity contribution in [2.24, 2.45) is 0 Å². The maximum Gasteiger partial charge on any atom is 0.416 e. The Bertz CT molecular complexity index is 2520. The third-order valence-corrected chi connectivity index (χ3v) is 8.92. The van der Waals surface area contributed by atoms with Crippen LogP contribution in [0.4, 0.5) is 26.3 Å². The van der Waals surface area contributed by atoms with Crippen molar-refractivity contribution in [2.45, 2.75) is 19.3 Å². The number of aryl methyl sites for hydroxylation is 1. The summed E-state index contributed by atoms with van der Waals surface area (Å²) in [6, 6.07) is 38.6. The fourth-order valence-electron chi connectivity index (χ4n) is 6.49. The maximum atomic E-state index is 14.1. The number of aromatic nitrogens is 4. The Morgan fingerprint density at radius 2 is 0.962 bits per heavy atom. The molecule has 0 saturated heterocycles. The van der Waals surface area contributed by atoms with Crippen molar-refractivity contribution in [3.05, 3.63) is 156 Å². The van der Waals surface area contributed by atoms with Gasteiger partial charge in [-0.15, -0.1) is 0 Å². The lowest BCUT2D eigenvalue weighted by Gasteiger charge is -2.19. The van der Waals surface area contributed by atoms with Crippen LogP contribution in [0.3, 0.4) is 0 Å². The van der Waals surface area contributed by atoms with Gasteiger partial charge in [-0.25, -0.2) is 15.0 Å². The Morgan fingerprint density at radius 3 is 1.54 bits per heavy atom. The molecule has 4 nitrogen and oxygen atoms in total. The Morgan fingerprint density at radius 1 is 0.442 bits per heavy atom. The minimum Gasteiger partial charge on any atom is -0.309 e. The van der Waals surface area contributed by atoms with E-state index in [-0.39, 0.29) is 23.0 Å². The minimum absolute atomic E-state index is 0.141. The first-order chi connectivity index (χ1) is 24.9. The average Bonchev–Trinajstić information content (AvgIpc) is 3.47. The van der Waals surface area contributed by atoms with E-state index in [1.54, 1.807) is 12.1 Å². The molecule has 0 unspecified atom stereocenters. The van der Waals surface area contributed by atoms with Gasteiger partial charge >= 0.3 is 12.4 Å². The molecule has 10 heteroatoms. The van der Waals surface area contributed by atoms with Crippen molar-refractivity contribution in [1.29, 1.82) is 0 Å². The molecule has 0 N–H and O–H groups in total. The van der Waals surface area contributed by atoms with Gasteiger partial charge in [0.25, 0.3) is 0 Å². The van der Waals surface area contributed by atoms with Crippen molar-refractivity contribution < 1.29 is 26.3 Å².